The summed E-state index contributed by atoms with van der Waals surface area (Å²) in [5.74, 6) is 2.32. The van der Waals surface area contributed by atoms with Crippen LogP contribution in [0, 0.1) is 5.92 Å². The lowest BCUT2D eigenvalue weighted by Crippen LogP contribution is -2.39. The van der Waals surface area contributed by atoms with Crippen molar-refractivity contribution in [2.75, 3.05) is 47.1 Å². The summed E-state index contributed by atoms with van der Waals surface area (Å²) >= 11 is 0. The molecule has 1 unspecified atom stereocenters. The largest absolute Gasteiger partial charge is 0.381 e. The molecule has 2 heterocycles. The molecule has 1 saturated heterocycles. The molecule has 0 spiro atoms. The van der Waals surface area contributed by atoms with Crippen LogP contribution in [0.25, 0.3) is 0 Å². The molecule has 138 valence electrons. The molecule has 1 fully saturated rings. The fraction of sp³-hybridized carbons (Fsp3) is 0.800. The Kier molecular flexibility index (Phi) is 10.2. The lowest BCUT2D eigenvalue weighted by Gasteiger charge is -2.21. The second kappa shape index (κ2) is 11.6. The zero-order valence-electron chi connectivity index (χ0n) is 14.8. The molecular formula is C15H29IN6O2. The van der Waals surface area contributed by atoms with Crippen molar-refractivity contribution >= 4 is 29.9 Å². The number of halogens is 1. The lowest BCUT2D eigenvalue weighted by molar-refractivity contribution is 0.0887. The van der Waals surface area contributed by atoms with Crippen LogP contribution in [-0.4, -0.2) is 72.7 Å². The molecule has 0 amide bonds. The van der Waals surface area contributed by atoms with Gasteiger partial charge in [-0.15, -0.1) is 24.0 Å². The Hall–Kier alpha value is -0.940. The number of nitrogens with zero attached hydrogens (tertiary/aromatic N) is 5. The van der Waals surface area contributed by atoms with Gasteiger partial charge in [0.25, 0.3) is 0 Å². The Bertz CT molecular complexity index is 490. The fourth-order valence-electron chi connectivity index (χ4n) is 2.47. The van der Waals surface area contributed by atoms with Gasteiger partial charge in [0.15, 0.2) is 5.96 Å². The second-order valence-corrected chi connectivity index (χ2v) is 5.79. The summed E-state index contributed by atoms with van der Waals surface area (Å²) in [5.41, 5.74) is 0. The molecule has 2 rings (SSSR count). The first-order chi connectivity index (χ1) is 11.2. The van der Waals surface area contributed by atoms with E-state index in [2.05, 4.69) is 20.4 Å². The van der Waals surface area contributed by atoms with Crippen molar-refractivity contribution < 1.29 is 9.47 Å². The summed E-state index contributed by atoms with van der Waals surface area (Å²) in [6.45, 7) is 4.78. The molecule has 1 atom stereocenters. The van der Waals surface area contributed by atoms with Gasteiger partial charge in [-0.1, -0.05) is 0 Å². The van der Waals surface area contributed by atoms with Crippen molar-refractivity contribution in [1.82, 2.24) is 25.0 Å². The van der Waals surface area contributed by atoms with Gasteiger partial charge >= 0.3 is 0 Å². The van der Waals surface area contributed by atoms with Gasteiger partial charge in [-0.05, 0) is 12.8 Å². The Morgan fingerprint density at radius 2 is 2.42 bits per heavy atom. The van der Waals surface area contributed by atoms with Crippen molar-refractivity contribution in [1.29, 1.82) is 0 Å². The zero-order chi connectivity index (χ0) is 16.5. The fourth-order valence-corrected chi connectivity index (χ4v) is 2.47. The van der Waals surface area contributed by atoms with E-state index in [9.17, 15) is 0 Å². The van der Waals surface area contributed by atoms with E-state index in [1.807, 2.05) is 19.0 Å². The van der Waals surface area contributed by atoms with Crippen molar-refractivity contribution in [3.63, 3.8) is 0 Å². The normalized spacial score (nSPS) is 17.6. The van der Waals surface area contributed by atoms with Crippen LogP contribution in [0.2, 0.25) is 0 Å². The Labute approximate surface area is 161 Å². The molecule has 8 nitrogen and oxygen atoms in total. The molecule has 24 heavy (non-hydrogen) atoms. The minimum Gasteiger partial charge on any atom is -0.381 e. The van der Waals surface area contributed by atoms with E-state index in [-0.39, 0.29) is 24.0 Å². The highest BCUT2D eigenvalue weighted by molar-refractivity contribution is 14.0. The number of rotatable bonds is 8. The maximum absolute atomic E-state index is 5.70. The topological polar surface area (TPSA) is 76.8 Å². The molecule has 1 aliphatic rings. The van der Waals surface area contributed by atoms with Crippen molar-refractivity contribution in [3.05, 3.63) is 12.2 Å². The Morgan fingerprint density at radius 3 is 3.04 bits per heavy atom. The molecule has 1 N–H and O–H groups in total. The summed E-state index contributed by atoms with van der Waals surface area (Å²) in [5, 5.41) is 7.42. The third-order valence-electron chi connectivity index (χ3n) is 3.88. The Balaban J connectivity index is 0.00000288. The number of hydrogen-bond donors (Lipinski definition) is 1. The SMILES string of the molecule is CN=C(NCCCOCC1CCOC1)N(C)Cc1ncnn1C.I. The highest BCUT2D eigenvalue weighted by Gasteiger charge is 2.15. The van der Waals surface area contributed by atoms with Gasteiger partial charge in [0, 0.05) is 46.8 Å². The average Bonchev–Trinajstić information content (AvgIpc) is 3.19. The van der Waals surface area contributed by atoms with E-state index >= 15 is 0 Å². The van der Waals surface area contributed by atoms with E-state index in [0.717, 1.165) is 57.6 Å². The van der Waals surface area contributed by atoms with E-state index in [0.29, 0.717) is 12.5 Å². The first-order valence-electron chi connectivity index (χ1n) is 8.11. The third kappa shape index (κ3) is 6.89. The van der Waals surface area contributed by atoms with E-state index < -0.39 is 0 Å². The average molecular weight is 452 g/mol. The summed E-state index contributed by atoms with van der Waals surface area (Å²) < 4.78 is 12.8. The smallest absolute Gasteiger partial charge is 0.193 e. The molecule has 0 saturated carbocycles. The van der Waals surface area contributed by atoms with E-state index in [1.165, 1.54) is 0 Å². The van der Waals surface area contributed by atoms with E-state index in [1.54, 1.807) is 18.1 Å². The molecule has 9 heteroatoms. The van der Waals surface area contributed by atoms with Crippen LogP contribution in [0.4, 0.5) is 0 Å². The maximum atomic E-state index is 5.70. The summed E-state index contributed by atoms with van der Waals surface area (Å²) in [6, 6.07) is 0. The van der Waals surface area contributed by atoms with Crippen LogP contribution < -0.4 is 5.32 Å². The number of aromatic nitrogens is 3. The molecule has 1 aromatic heterocycles. The van der Waals surface area contributed by atoms with Crippen LogP contribution in [0.3, 0.4) is 0 Å². The number of guanidine groups is 1. The van der Waals surface area contributed by atoms with E-state index in [4.69, 9.17) is 9.47 Å². The summed E-state index contributed by atoms with van der Waals surface area (Å²) in [6.07, 6.45) is 3.63. The highest BCUT2D eigenvalue weighted by Crippen LogP contribution is 2.12. The first kappa shape index (κ1) is 21.1. The summed E-state index contributed by atoms with van der Waals surface area (Å²) in [4.78, 5) is 10.6. The number of aryl methyl sites for hydroxylation is 1. The number of ether oxygens (including phenoxy) is 2. The standard InChI is InChI=1S/C15H28N6O2.HI/c1-16-15(20(2)9-14-18-12-19-21(14)3)17-6-4-7-22-10-13-5-8-23-11-13;/h12-13H,4-11H2,1-3H3,(H,16,17);1H. The van der Waals surface area contributed by atoms with Gasteiger partial charge in [-0.25, -0.2) is 4.98 Å². The number of aliphatic imine (C=N–C) groups is 1. The van der Waals surface area contributed by atoms with Crippen LogP contribution in [0.5, 0.6) is 0 Å². The molecule has 1 aliphatic heterocycles. The van der Waals surface area contributed by atoms with Gasteiger partial charge in [0.1, 0.15) is 12.2 Å². The van der Waals surface area contributed by atoms with Crippen LogP contribution in [0.1, 0.15) is 18.7 Å². The molecule has 0 aliphatic carbocycles. The van der Waals surface area contributed by atoms with Crippen molar-refractivity contribution in [2.24, 2.45) is 18.0 Å². The minimum atomic E-state index is 0. The van der Waals surface area contributed by atoms with Gasteiger partial charge < -0.3 is 19.7 Å². The van der Waals surface area contributed by atoms with Gasteiger partial charge in [-0.2, -0.15) is 5.10 Å². The zero-order valence-corrected chi connectivity index (χ0v) is 17.1. The monoisotopic (exact) mass is 452 g/mol. The predicted molar refractivity (Wildman–Crippen MR) is 104 cm³/mol. The molecule has 1 aromatic rings. The van der Waals surface area contributed by atoms with Gasteiger partial charge in [-0.3, -0.25) is 9.67 Å². The Morgan fingerprint density at radius 1 is 1.58 bits per heavy atom. The maximum Gasteiger partial charge on any atom is 0.193 e. The molecule has 0 radical (unpaired) electrons. The second-order valence-electron chi connectivity index (χ2n) is 5.79. The predicted octanol–water partition coefficient (Wildman–Crippen LogP) is 0.883. The van der Waals surface area contributed by atoms with Crippen LogP contribution in [-0.2, 0) is 23.1 Å². The lowest BCUT2D eigenvalue weighted by atomic mass is 10.1. The van der Waals surface area contributed by atoms with Gasteiger partial charge in [0.05, 0.1) is 19.8 Å². The summed E-state index contributed by atoms with van der Waals surface area (Å²) in [7, 11) is 5.66. The van der Waals surface area contributed by atoms with Gasteiger partial charge in [0.2, 0.25) is 0 Å². The molecule has 0 aromatic carbocycles. The number of nitrogens with one attached hydrogen (secondary N) is 1. The first-order valence-corrected chi connectivity index (χ1v) is 8.11. The molecular weight excluding hydrogens is 423 g/mol. The quantitative estimate of drug-likeness (QED) is 0.273. The number of hydrogen-bond acceptors (Lipinski definition) is 5. The van der Waals surface area contributed by atoms with Crippen LogP contribution >= 0.6 is 24.0 Å². The highest BCUT2D eigenvalue weighted by atomic mass is 127. The van der Waals surface area contributed by atoms with Crippen molar-refractivity contribution in [2.45, 2.75) is 19.4 Å². The third-order valence-corrected chi connectivity index (χ3v) is 3.88. The minimum absolute atomic E-state index is 0. The van der Waals surface area contributed by atoms with Crippen LogP contribution in [0.15, 0.2) is 11.3 Å². The van der Waals surface area contributed by atoms with Crippen molar-refractivity contribution in [3.8, 4) is 0 Å². The molecule has 0 bridgehead atoms.